The fourth-order valence-electron chi connectivity index (χ4n) is 2.46. The summed E-state index contributed by atoms with van der Waals surface area (Å²) in [4.78, 5) is 15.6. The van der Waals surface area contributed by atoms with Crippen molar-refractivity contribution in [3.05, 3.63) is 29.8 Å². The highest BCUT2D eigenvalue weighted by Gasteiger charge is 2.35. The van der Waals surface area contributed by atoms with Crippen LogP contribution in [0, 0.1) is 5.41 Å². The summed E-state index contributed by atoms with van der Waals surface area (Å²) in [6, 6.07) is 8.00. The van der Waals surface area contributed by atoms with E-state index in [2.05, 4.69) is 13.8 Å². The molecule has 0 aromatic heterocycles. The van der Waals surface area contributed by atoms with Gasteiger partial charge in [0, 0.05) is 29.6 Å². The van der Waals surface area contributed by atoms with Crippen LogP contribution in [0.25, 0.3) is 0 Å². The van der Waals surface area contributed by atoms with Crippen molar-refractivity contribution < 1.29 is 4.79 Å². The van der Waals surface area contributed by atoms with Gasteiger partial charge < -0.3 is 10.6 Å². The first-order valence-corrected chi connectivity index (χ1v) is 7.85. The van der Waals surface area contributed by atoms with Crippen LogP contribution in [0.15, 0.2) is 29.2 Å². The third-order valence-electron chi connectivity index (χ3n) is 3.94. The Hall–Kier alpha value is -1.00. The molecular weight excluding hydrogens is 256 g/mol. The highest BCUT2D eigenvalue weighted by Crippen LogP contribution is 2.28. The maximum absolute atomic E-state index is 12.5. The molecular formula is C15H22N2OS. The Kier molecular flexibility index (Phi) is 4.21. The second-order valence-electron chi connectivity index (χ2n) is 5.84. The van der Waals surface area contributed by atoms with Gasteiger partial charge in [-0.3, -0.25) is 4.79 Å². The van der Waals surface area contributed by atoms with E-state index >= 15 is 0 Å². The van der Waals surface area contributed by atoms with Crippen molar-refractivity contribution in [2.24, 2.45) is 11.1 Å². The fourth-order valence-corrected chi connectivity index (χ4v) is 2.87. The molecule has 0 aliphatic carbocycles. The van der Waals surface area contributed by atoms with Crippen LogP contribution in [-0.4, -0.2) is 36.2 Å². The molecule has 2 rings (SSSR count). The highest BCUT2D eigenvalue weighted by atomic mass is 32.2. The largest absolute Gasteiger partial charge is 0.338 e. The number of likely N-dealkylation sites (tertiary alicyclic amines) is 1. The van der Waals surface area contributed by atoms with Crippen LogP contribution in [0.1, 0.15) is 30.6 Å². The lowest BCUT2D eigenvalue weighted by atomic mass is 9.79. The van der Waals surface area contributed by atoms with Gasteiger partial charge in [-0.25, -0.2) is 0 Å². The van der Waals surface area contributed by atoms with Gasteiger partial charge in [-0.1, -0.05) is 13.8 Å². The molecule has 1 aliphatic heterocycles. The van der Waals surface area contributed by atoms with Crippen molar-refractivity contribution in [3.63, 3.8) is 0 Å². The van der Waals surface area contributed by atoms with Gasteiger partial charge in [0.15, 0.2) is 0 Å². The zero-order chi connectivity index (χ0) is 14.0. The quantitative estimate of drug-likeness (QED) is 0.846. The van der Waals surface area contributed by atoms with E-state index in [4.69, 9.17) is 5.73 Å². The Morgan fingerprint density at radius 1 is 1.37 bits per heavy atom. The number of hydrogen-bond donors (Lipinski definition) is 1. The predicted octanol–water partition coefficient (Wildman–Crippen LogP) is 2.61. The zero-order valence-electron chi connectivity index (χ0n) is 11.8. The topological polar surface area (TPSA) is 46.3 Å². The van der Waals surface area contributed by atoms with Crippen molar-refractivity contribution in [2.75, 3.05) is 19.3 Å². The van der Waals surface area contributed by atoms with Gasteiger partial charge in [0.25, 0.3) is 5.91 Å². The van der Waals surface area contributed by atoms with Crippen molar-refractivity contribution in [1.29, 1.82) is 0 Å². The van der Waals surface area contributed by atoms with E-state index < -0.39 is 0 Å². The minimum atomic E-state index is -0.00682. The molecule has 1 fully saturated rings. The van der Waals surface area contributed by atoms with E-state index in [9.17, 15) is 4.79 Å². The summed E-state index contributed by atoms with van der Waals surface area (Å²) in [6.07, 6.45) is 2.91. The Morgan fingerprint density at radius 2 is 2.00 bits per heavy atom. The number of hydrogen-bond acceptors (Lipinski definition) is 3. The summed E-state index contributed by atoms with van der Waals surface area (Å²) in [5, 5.41) is 0. The number of carbonyl (C=O) groups is 1. The Balaban J connectivity index is 2.11. The molecule has 1 heterocycles. The molecule has 0 bridgehead atoms. The second kappa shape index (κ2) is 5.55. The summed E-state index contributed by atoms with van der Waals surface area (Å²) in [6.45, 7) is 5.76. The fraction of sp³-hybridized carbons (Fsp3) is 0.533. The average Bonchev–Trinajstić information content (AvgIpc) is 2.41. The average molecular weight is 278 g/mol. The number of nitrogens with zero attached hydrogens (tertiary/aromatic N) is 1. The number of benzene rings is 1. The first-order valence-electron chi connectivity index (χ1n) is 6.63. The van der Waals surface area contributed by atoms with Crippen LogP contribution < -0.4 is 5.73 Å². The van der Waals surface area contributed by atoms with Gasteiger partial charge in [0.05, 0.1) is 0 Å². The van der Waals surface area contributed by atoms with Gasteiger partial charge in [0.2, 0.25) is 0 Å². The maximum Gasteiger partial charge on any atom is 0.253 e. The molecule has 1 saturated heterocycles. The van der Waals surface area contributed by atoms with E-state index in [1.54, 1.807) is 11.8 Å². The number of carbonyl (C=O) groups excluding carboxylic acids is 1. The molecule has 0 saturated carbocycles. The van der Waals surface area contributed by atoms with Gasteiger partial charge in [0.1, 0.15) is 0 Å². The van der Waals surface area contributed by atoms with E-state index in [0.29, 0.717) is 0 Å². The number of thioether (sulfide) groups is 1. The van der Waals surface area contributed by atoms with Crippen LogP contribution in [0.4, 0.5) is 0 Å². The van der Waals surface area contributed by atoms with Crippen LogP contribution in [0.3, 0.4) is 0 Å². The summed E-state index contributed by atoms with van der Waals surface area (Å²) in [5.74, 6) is 0.118. The molecule has 2 N–H and O–H groups in total. The molecule has 104 valence electrons. The lowest BCUT2D eigenvalue weighted by molar-refractivity contribution is 0.0533. The summed E-state index contributed by atoms with van der Waals surface area (Å²) >= 11 is 1.68. The Labute approximate surface area is 119 Å². The van der Waals surface area contributed by atoms with Crippen LogP contribution in [0.5, 0.6) is 0 Å². The molecule has 4 heteroatoms. The van der Waals surface area contributed by atoms with E-state index in [0.717, 1.165) is 25.1 Å². The normalized spacial score (nSPS) is 22.3. The summed E-state index contributed by atoms with van der Waals surface area (Å²) in [7, 11) is 0. The van der Waals surface area contributed by atoms with Crippen molar-refractivity contribution in [1.82, 2.24) is 4.90 Å². The number of piperidine rings is 1. The van der Waals surface area contributed by atoms with Crippen molar-refractivity contribution >= 4 is 17.7 Å². The summed E-state index contributed by atoms with van der Waals surface area (Å²) in [5.41, 5.74) is 6.87. The van der Waals surface area contributed by atoms with E-state index in [1.807, 2.05) is 35.4 Å². The molecule has 1 aromatic rings. The lowest BCUT2D eigenvalue weighted by Crippen LogP contribution is -2.53. The van der Waals surface area contributed by atoms with Gasteiger partial charge in [-0.15, -0.1) is 11.8 Å². The second-order valence-corrected chi connectivity index (χ2v) is 6.72. The molecule has 19 heavy (non-hydrogen) atoms. The minimum absolute atomic E-state index is 0.00682. The summed E-state index contributed by atoms with van der Waals surface area (Å²) < 4.78 is 0. The van der Waals surface area contributed by atoms with Gasteiger partial charge in [-0.05, 0) is 42.4 Å². The van der Waals surface area contributed by atoms with Crippen LogP contribution in [-0.2, 0) is 0 Å². The molecule has 1 aromatic carbocycles. The predicted molar refractivity (Wildman–Crippen MR) is 80.5 cm³/mol. The molecule has 0 spiro atoms. The maximum atomic E-state index is 12.5. The molecule has 0 radical (unpaired) electrons. The van der Waals surface area contributed by atoms with Crippen LogP contribution >= 0.6 is 11.8 Å². The first kappa shape index (κ1) is 14.4. The molecule has 1 unspecified atom stereocenters. The minimum Gasteiger partial charge on any atom is -0.338 e. The molecule has 1 aliphatic rings. The lowest BCUT2D eigenvalue weighted by Gasteiger charge is -2.42. The first-order chi connectivity index (χ1) is 8.94. The zero-order valence-corrected chi connectivity index (χ0v) is 12.7. The standard InChI is InChI=1S/C15H22N2OS/c1-15(2)10-17(9-8-13(15)16)14(18)11-4-6-12(19-3)7-5-11/h4-7,13H,8-10,16H2,1-3H3. The highest BCUT2D eigenvalue weighted by molar-refractivity contribution is 7.98. The van der Waals surface area contributed by atoms with Gasteiger partial charge in [-0.2, -0.15) is 0 Å². The molecule has 3 nitrogen and oxygen atoms in total. The third kappa shape index (κ3) is 3.12. The monoisotopic (exact) mass is 278 g/mol. The Bertz CT molecular complexity index is 456. The number of rotatable bonds is 2. The van der Waals surface area contributed by atoms with Crippen LogP contribution in [0.2, 0.25) is 0 Å². The molecule has 1 atom stereocenters. The third-order valence-corrected chi connectivity index (χ3v) is 4.68. The van der Waals surface area contributed by atoms with Gasteiger partial charge >= 0.3 is 0 Å². The van der Waals surface area contributed by atoms with E-state index in [-0.39, 0.29) is 17.4 Å². The SMILES string of the molecule is CSc1ccc(C(=O)N2CCC(N)C(C)(C)C2)cc1. The smallest absolute Gasteiger partial charge is 0.253 e. The van der Waals surface area contributed by atoms with Crippen molar-refractivity contribution in [3.8, 4) is 0 Å². The Morgan fingerprint density at radius 3 is 2.53 bits per heavy atom. The molecule has 1 amide bonds. The number of amides is 1. The number of nitrogens with two attached hydrogens (primary N) is 1. The van der Waals surface area contributed by atoms with E-state index in [1.165, 1.54) is 4.90 Å². The van der Waals surface area contributed by atoms with Crippen molar-refractivity contribution in [2.45, 2.75) is 31.2 Å².